The Morgan fingerprint density at radius 1 is 1.28 bits per heavy atom. The van der Waals surface area contributed by atoms with Gasteiger partial charge in [-0.15, -0.1) is 11.3 Å². The minimum Gasteiger partial charge on any atom is -0.284 e. The van der Waals surface area contributed by atoms with Crippen molar-refractivity contribution in [3.05, 3.63) is 64.9 Å². The van der Waals surface area contributed by atoms with Gasteiger partial charge in [0.2, 0.25) is 11.5 Å². The number of pyridine rings is 1. The fourth-order valence-corrected chi connectivity index (χ4v) is 2.81. The zero-order chi connectivity index (χ0) is 17.6. The first-order valence-electron chi connectivity index (χ1n) is 7.07. The molecule has 0 amide bonds. The molecule has 0 aliphatic heterocycles. The highest BCUT2D eigenvalue weighted by Crippen LogP contribution is 2.23. The zero-order valence-electron chi connectivity index (χ0n) is 12.7. The van der Waals surface area contributed by atoms with E-state index >= 15 is 0 Å². The Morgan fingerprint density at radius 2 is 2.08 bits per heavy atom. The Morgan fingerprint density at radius 3 is 2.76 bits per heavy atom. The van der Waals surface area contributed by atoms with Gasteiger partial charge < -0.3 is 0 Å². The maximum atomic E-state index is 12.4. The quantitative estimate of drug-likeness (QED) is 0.417. The van der Waals surface area contributed by atoms with E-state index in [0.717, 1.165) is 5.56 Å². The van der Waals surface area contributed by atoms with Gasteiger partial charge in [0.05, 0.1) is 5.69 Å². The molecule has 0 saturated carbocycles. The lowest BCUT2D eigenvalue weighted by Crippen LogP contribution is -2.14. The maximum Gasteiger partial charge on any atom is 0.243 e. The first-order chi connectivity index (χ1) is 12.2. The summed E-state index contributed by atoms with van der Waals surface area (Å²) in [7, 11) is 0. The predicted octanol–water partition coefficient (Wildman–Crippen LogP) is 4.03. The second-order valence-electron chi connectivity index (χ2n) is 4.80. The van der Waals surface area contributed by atoms with E-state index in [1.165, 1.54) is 11.3 Å². The molecule has 0 atom stereocenters. The number of rotatable bonds is 5. The highest BCUT2D eigenvalue weighted by Gasteiger charge is 2.18. The Kier molecular flexibility index (Phi) is 5.14. The van der Waals surface area contributed by atoms with Crippen LogP contribution in [0.3, 0.4) is 0 Å². The topological polar surface area (TPSA) is 91.0 Å². The van der Waals surface area contributed by atoms with Gasteiger partial charge in [-0.25, -0.2) is 4.98 Å². The van der Waals surface area contributed by atoms with E-state index in [4.69, 9.17) is 11.6 Å². The molecule has 8 heteroatoms. The molecule has 0 aliphatic carbocycles. The number of hydrogen-bond donors (Lipinski definition) is 1. The van der Waals surface area contributed by atoms with Crippen molar-refractivity contribution in [2.45, 2.75) is 0 Å². The molecule has 3 aromatic rings. The lowest BCUT2D eigenvalue weighted by molar-refractivity contribution is 0.106. The normalized spacial score (nSPS) is 11.0. The molecule has 0 saturated heterocycles. The number of hydrazone groups is 1. The van der Waals surface area contributed by atoms with Crippen LogP contribution < -0.4 is 5.43 Å². The number of nitriles is 1. The van der Waals surface area contributed by atoms with Crippen LogP contribution in [0.15, 0.2) is 59.3 Å². The average Bonchev–Trinajstić information content (AvgIpc) is 3.14. The summed E-state index contributed by atoms with van der Waals surface area (Å²) in [6.45, 7) is 0. The van der Waals surface area contributed by atoms with Gasteiger partial charge in [-0.2, -0.15) is 10.4 Å². The van der Waals surface area contributed by atoms with Gasteiger partial charge in [-0.3, -0.25) is 15.2 Å². The molecule has 6 nitrogen and oxygen atoms in total. The molecule has 0 unspecified atom stereocenters. The van der Waals surface area contributed by atoms with Crippen LogP contribution in [0.4, 0.5) is 5.69 Å². The van der Waals surface area contributed by atoms with Crippen LogP contribution >= 0.6 is 22.9 Å². The highest BCUT2D eigenvalue weighted by atomic mass is 35.5. The minimum atomic E-state index is -0.546. The second kappa shape index (κ2) is 7.66. The number of hydrogen-bond acceptors (Lipinski definition) is 7. The van der Waals surface area contributed by atoms with Crippen LogP contribution in [-0.4, -0.2) is 21.5 Å². The Hall–Kier alpha value is -3.08. The number of anilines is 1. The first-order valence-corrected chi connectivity index (χ1v) is 8.33. The number of thiazole rings is 1. The summed E-state index contributed by atoms with van der Waals surface area (Å²) in [6, 6.07) is 12.2. The third-order valence-corrected chi connectivity index (χ3v) is 4.25. The zero-order valence-corrected chi connectivity index (χ0v) is 14.3. The summed E-state index contributed by atoms with van der Waals surface area (Å²) < 4.78 is 0. The third kappa shape index (κ3) is 4.07. The molecule has 0 fully saturated rings. The van der Waals surface area contributed by atoms with Crippen molar-refractivity contribution in [2.75, 3.05) is 5.43 Å². The monoisotopic (exact) mass is 367 g/mol. The number of nitrogens with zero attached hydrogens (tertiary/aromatic N) is 4. The Bertz CT molecular complexity index is 961. The molecule has 2 heterocycles. The van der Waals surface area contributed by atoms with Crippen LogP contribution in [0, 0.1) is 11.3 Å². The second-order valence-corrected chi connectivity index (χ2v) is 6.09. The smallest absolute Gasteiger partial charge is 0.243 e. The molecule has 3 rings (SSSR count). The first kappa shape index (κ1) is 16.8. The SMILES string of the molecule is N#C/C(=N\Nc1ccc(Cl)cc1)C(=O)c1csc(-c2cccnc2)n1. The minimum absolute atomic E-state index is 0.169. The van der Waals surface area contributed by atoms with Crippen LogP contribution in [0.2, 0.25) is 5.02 Å². The average molecular weight is 368 g/mol. The molecular formula is C17H10ClN5OS. The summed E-state index contributed by atoms with van der Waals surface area (Å²) >= 11 is 7.11. The number of aromatic nitrogens is 2. The molecular weight excluding hydrogens is 358 g/mol. The number of benzene rings is 1. The number of ketones is 1. The lowest BCUT2D eigenvalue weighted by Gasteiger charge is -2.00. The van der Waals surface area contributed by atoms with E-state index in [-0.39, 0.29) is 11.4 Å². The van der Waals surface area contributed by atoms with Gasteiger partial charge in [0.15, 0.2) is 0 Å². The predicted molar refractivity (Wildman–Crippen MR) is 97.8 cm³/mol. The van der Waals surface area contributed by atoms with Crippen molar-refractivity contribution < 1.29 is 4.79 Å². The molecule has 0 bridgehead atoms. The molecule has 0 aliphatic rings. The van der Waals surface area contributed by atoms with Crippen LogP contribution in [0.25, 0.3) is 10.6 Å². The highest BCUT2D eigenvalue weighted by molar-refractivity contribution is 7.13. The van der Waals surface area contributed by atoms with Gasteiger partial charge in [0.1, 0.15) is 16.8 Å². The molecule has 0 radical (unpaired) electrons. The van der Waals surface area contributed by atoms with Crippen molar-refractivity contribution in [1.82, 2.24) is 9.97 Å². The number of halogens is 1. The summed E-state index contributed by atoms with van der Waals surface area (Å²) in [4.78, 5) is 20.7. The van der Waals surface area contributed by atoms with Gasteiger partial charge in [-0.05, 0) is 36.4 Å². The molecule has 1 aromatic carbocycles. The number of nitrogens with one attached hydrogen (secondary N) is 1. The van der Waals surface area contributed by atoms with Crippen molar-refractivity contribution in [1.29, 1.82) is 5.26 Å². The van der Waals surface area contributed by atoms with Gasteiger partial charge in [-0.1, -0.05) is 11.6 Å². The van der Waals surface area contributed by atoms with Crippen molar-refractivity contribution in [2.24, 2.45) is 5.10 Å². The van der Waals surface area contributed by atoms with E-state index in [0.29, 0.717) is 15.7 Å². The fourth-order valence-electron chi connectivity index (χ4n) is 1.89. The van der Waals surface area contributed by atoms with E-state index < -0.39 is 5.78 Å². The van der Waals surface area contributed by atoms with Crippen molar-refractivity contribution in [3.63, 3.8) is 0 Å². The Balaban J connectivity index is 1.78. The summed E-state index contributed by atoms with van der Waals surface area (Å²) in [5.41, 5.74) is 3.97. The van der Waals surface area contributed by atoms with Gasteiger partial charge in [0, 0.05) is 28.4 Å². The van der Waals surface area contributed by atoms with E-state index in [1.807, 2.05) is 6.07 Å². The largest absolute Gasteiger partial charge is 0.284 e. The third-order valence-electron chi connectivity index (χ3n) is 3.11. The summed E-state index contributed by atoms with van der Waals surface area (Å²) in [6.07, 6.45) is 3.32. The van der Waals surface area contributed by atoms with E-state index in [1.54, 1.807) is 54.2 Å². The standard InChI is InChI=1S/C17H10ClN5OS/c18-12-3-5-13(6-4-12)22-23-14(8-19)16(24)15-10-25-17(21-15)11-2-1-7-20-9-11/h1-7,9-10,22H/b23-14+. The van der Waals surface area contributed by atoms with Crippen molar-refractivity contribution in [3.8, 4) is 16.6 Å². The molecule has 122 valence electrons. The molecule has 1 N–H and O–H groups in total. The van der Waals surface area contributed by atoms with Crippen LogP contribution in [-0.2, 0) is 0 Å². The summed E-state index contributed by atoms with van der Waals surface area (Å²) in [5.74, 6) is -0.546. The molecule has 2 aromatic heterocycles. The summed E-state index contributed by atoms with van der Waals surface area (Å²) in [5, 5.41) is 15.9. The number of carbonyl (C=O) groups excluding carboxylic acids is 1. The van der Waals surface area contributed by atoms with Gasteiger partial charge in [0.25, 0.3) is 0 Å². The van der Waals surface area contributed by atoms with Crippen molar-refractivity contribution >= 4 is 40.1 Å². The fraction of sp³-hybridized carbons (Fsp3) is 0. The number of Topliss-reactive ketones (excluding diaryl/α,β-unsaturated/α-hetero) is 1. The van der Waals surface area contributed by atoms with E-state index in [2.05, 4.69) is 20.5 Å². The van der Waals surface area contributed by atoms with Gasteiger partial charge >= 0.3 is 0 Å². The number of carbonyl (C=O) groups is 1. The van der Waals surface area contributed by atoms with E-state index in [9.17, 15) is 10.1 Å². The lowest BCUT2D eigenvalue weighted by atomic mass is 10.2. The molecule has 0 spiro atoms. The van der Waals surface area contributed by atoms with Crippen LogP contribution in [0.5, 0.6) is 0 Å². The Labute approximate surface area is 152 Å². The molecule has 25 heavy (non-hydrogen) atoms. The maximum absolute atomic E-state index is 12.4. The van der Waals surface area contributed by atoms with Crippen LogP contribution in [0.1, 0.15) is 10.5 Å².